The van der Waals surface area contributed by atoms with E-state index in [1.54, 1.807) is 14.1 Å². The van der Waals surface area contributed by atoms with E-state index in [4.69, 9.17) is 5.73 Å². The predicted molar refractivity (Wildman–Crippen MR) is 149 cm³/mol. The van der Waals surface area contributed by atoms with E-state index in [0.717, 1.165) is 11.3 Å². The van der Waals surface area contributed by atoms with Crippen LogP contribution in [0, 0.1) is 18.8 Å². The number of ketones is 2. The molecule has 40 heavy (non-hydrogen) atoms. The highest BCUT2D eigenvalue weighted by Crippen LogP contribution is 2.54. The number of benzene rings is 2. The van der Waals surface area contributed by atoms with E-state index >= 15 is 0 Å². The second-order valence-electron chi connectivity index (χ2n) is 11.4. The molecule has 1 amide bonds. The molecule has 10 heteroatoms. The number of carbonyl (C=O) groups is 3. The molecule has 1 fully saturated rings. The van der Waals surface area contributed by atoms with Crippen molar-refractivity contribution in [3.8, 4) is 16.9 Å². The number of fused-ring (bicyclic) bond motifs is 3. The molecule has 6 N–H and O–H groups in total. The van der Waals surface area contributed by atoms with E-state index in [2.05, 4.69) is 0 Å². The number of aliphatic hydroxyl groups excluding tert-OH is 2. The van der Waals surface area contributed by atoms with Gasteiger partial charge in [0.05, 0.1) is 11.6 Å². The maximum Gasteiger partial charge on any atom is 0.255 e. The van der Waals surface area contributed by atoms with Gasteiger partial charge in [0.15, 0.2) is 11.4 Å². The number of rotatable bonds is 4. The Labute approximate surface area is 231 Å². The van der Waals surface area contributed by atoms with Crippen molar-refractivity contribution in [3.05, 3.63) is 63.9 Å². The fourth-order valence-corrected chi connectivity index (χ4v) is 6.64. The average molecular weight is 548 g/mol. The third-order valence-corrected chi connectivity index (χ3v) is 8.54. The summed E-state index contributed by atoms with van der Waals surface area (Å²) in [6, 6.07) is 8.20. The molecule has 2 aromatic carbocycles. The number of nitrogens with two attached hydrogens (primary N) is 1. The van der Waals surface area contributed by atoms with Crippen LogP contribution in [-0.2, 0) is 20.8 Å². The van der Waals surface area contributed by atoms with E-state index in [1.807, 2.05) is 56.3 Å². The number of primary amides is 1. The fourth-order valence-electron chi connectivity index (χ4n) is 6.64. The summed E-state index contributed by atoms with van der Waals surface area (Å²) in [5.74, 6) is -6.65. The molecule has 0 heterocycles. The highest BCUT2D eigenvalue weighted by molar-refractivity contribution is 6.24. The Morgan fingerprint density at radius 2 is 1.68 bits per heavy atom. The van der Waals surface area contributed by atoms with Gasteiger partial charge < -0.3 is 31.1 Å². The lowest BCUT2D eigenvalue weighted by molar-refractivity contribution is -0.153. The van der Waals surface area contributed by atoms with Crippen LogP contribution in [-0.4, -0.2) is 82.6 Å². The van der Waals surface area contributed by atoms with Crippen molar-refractivity contribution in [2.75, 3.05) is 33.1 Å². The lowest BCUT2D eigenvalue weighted by Crippen LogP contribution is -2.65. The Bertz CT molecular complexity index is 1540. The topological polar surface area (TPSA) is 165 Å². The molecule has 0 saturated heterocycles. The largest absolute Gasteiger partial charge is 0.508 e. The number of phenolic OH excluding ortho intramolecular Hbond substituents is 1. The number of Topliss-reactive ketones (excluding diaryl/α,β-unsaturated/α-hetero) is 2. The van der Waals surface area contributed by atoms with Crippen LogP contribution in [0.15, 0.2) is 47.2 Å². The van der Waals surface area contributed by atoms with Crippen LogP contribution in [0.2, 0.25) is 0 Å². The number of aryl methyl sites for hydroxylation is 1. The number of hydrogen-bond donors (Lipinski definition) is 5. The Morgan fingerprint density at radius 1 is 1.05 bits per heavy atom. The molecule has 5 rings (SSSR count). The van der Waals surface area contributed by atoms with Gasteiger partial charge in [0, 0.05) is 36.8 Å². The first-order valence-electron chi connectivity index (χ1n) is 13.0. The number of nitrogens with zero attached hydrogens (tertiary/aromatic N) is 2. The van der Waals surface area contributed by atoms with E-state index in [1.165, 1.54) is 4.90 Å². The van der Waals surface area contributed by atoms with Crippen LogP contribution < -0.4 is 10.6 Å². The summed E-state index contributed by atoms with van der Waals surface area (Å²) in [6.07, 6.45) is 0.267. The summed E-state index contributed by atoms with van der Waals surface area (Å²) in [5, 5.41) is 45.9. The first-order chi connectivity index (χ1) is 18.7. The Hall–Kier alpha value is -4.15. The summed E-state index contributed by atoms with van der Waals surface area (Å²) in [7, 11) is 6.82. The highest BCUT2D eigenvalue weighted by Gasteiger charge is 2.64. The molecule has 0 radical (unpaired) electrons. The minimum absolute atomic E-state index is 0.0408. The van der Waals surface area contributed by atoms with Crippen molar-refractivity contribution in [1.29, 1.82) is 0 Å². The van der Waals surface area contributed by atoms with Gasteiger partial charge in [-0.3, -0.25) is 19.3 Å². The maximum atomic E-state index is 14.1. The standard InChI is InChI=1S/C30H33N3O7/c1-13-6-8-14(9-7-13)16-12-19(32(2)3)17-10-15-11-18-23(33(4)5)26(36)22(29(31)39)28(38)30(18,40)27(37)20(15)25(35)21(17)24(16)34/h6-9,12,15,18,23,34-35,38,40H,10-11H2,1-5H3,(H2,31,39)/t15-,18-,23-,30-/m0/s1. The normalized spacial score (nSPS) is 26.0. The predicted octanol–water partition coefficient (Wildman–Crippen LogP) is 2.01. The van der Waals surface area contributed by atoms with Gasteiger partial charge in [-0.25, -0.2) is 0 Å². The maximum absolute atomic E-state index is 14.1. The smallest absolute Gasteiger partial charge is 0.255 e. The molecule has 0 aliphatic heterocycles. The molecular weight excluding hydrogens is 514 g/mol. The van der Waals surface area contributed by atoms with Crippen LogP contribution in [0.1, 0.15) is 23.1 Å². The Morgan fingerprint density at radius 3 is 2.23 bits per heavy atom. The average Bonchev–Trinajstić information content (AvgIpc) is 2.86. The lowest BCUT2D eigenvalue weighted by Gasteiger charge is -2.50. The molecule has 210 valence electrons. The quantitative estimate of drug-likeness (QED) is 0.360. The van der Waals surface area contributed by atoms with Crippen molar-refractivity contribution in [1.82, 2.24) is 4.90 Å². The zero-order chi connectivity index (χ0) is 29.4. The van der Waals surface area contributed by atoms with Gasteiger partial charge >= 0.3 is 0 Å². The van der Waals surface area contributed by atoms with Gasteiger partial charge in [0.1, 0.15) is 22.8 Å². The molecule has 4 atom stereocenters. The Balaban J connectivity index is 1.77. The number of aromatic hydroxyl groups is 1. The van der Waals surface area contributed by atoms with E-state index in [-0.39, 0.29) is 29.7 Å². The molecule has 3 aliphatic rings. The monoisotopic (exact) mass is 547 g/mol. The summed E-state index contributed by atoms with van der Waals surface area (Å²) < 4.78 is 0. The third-order valence-electron chi connectivity index (χ3n) is 8.54. The number of aliphatic hydroxyl groups is 3. The number of anilines is 1. The van der Waals surface area contributed by atoms with Crippen molar-refractivity contribution in [2.24, 2.45) is 17.6 Å². The van der Waals surface area contributed by atoms with Crippen LogP contribution >= 0.6 is 0 Å². The van der Waals surface area contributed by atoms with Crippen molar-refractivity contribution >= 4 is 28.9 Å². The number of amides is 1. The summed E-state index contributed by atoms with van der Waals surface area (Å²) in [6.45, 7) is 1.94. The molecule has 0 bridgehead atoms. The number of likely N-dealkylation sites (N-methyl/N-ethyl adjacent to an activating group) is 1. The molecular formula is C30H33N3O7. The SMILES string of the molecule is Cc1ccc(-c2cc(N(C)C)c3c(c2O)C(O)=C2C(=O)[C@]4(O)C(O)=C(C(N)=O)C(=O)[C@@H](N(C)C)[C@@H]4C[C@@H]2C3)cc1. The first kappa shape index (κ1) is 27.4. The van der Waals surface area contributed by atoms with Crippen molar-refractivity contribution in [2.45, 2.75) is 31.4 Å². The molecule has 1 saturated carbocycles. The van der Waals surface area contributed by atoms with Gasteiger partial charge in [-0.05, 0) is 57.0 Å². The lowest BCUT2D eigenvalue weighted by atomic mass is 9.57. The van der Waals surface area contributed by atoms with Gasteiger partial charge in [0.2, 0.25) is 5.78 Å². The third kappa shape index (κ3) is 3.66. The number of phenols is 1. The minimum atomic E-state index is -2.67. The molecule has 0 aromatic heterocycles. The fraction of sp³-hybridized carbons (Fsp3) is 0.367. The van der Waals surface area contributed by atoms with E-state index in [0.29, 0.717) is 16.7 Å². The summed E-state index contributed by atoms with van der Waals surface area (Å²) in [4.78, 5) is 42.8. The summed E-state index contributed by atoms with van der Waals surface area (Å²) in [5.41, 5.74) is 5.30. The second kappa shape index (κ2) is 9.21. The second-order valence-corrected chi connectivity index (χ2v) is 11.4. The molecule has 2 aromatic rings. The van der Waals surface area contributed by atoms with Crippen LogP contribution in [0.25, 0.3) is 16.9 Å². The van der Waals surface area contributed by atoms with Crippen molar-refractivity contribution in [3.63, 3.8) is 0 Å². The zero-order valence-corrected chi connectivity index (χ0v) is 23.0. The van der Waals surface area contributed by atoms with E-state index < -0.39 is 58.0 Å². The van der Waals surface area contributed by atoms with Gasteiger partial charge in [-0.2, -0.15) is 0 Å². The van der Waals surface area contributed by atoms with Gasteiger partial charge in [-0.1, -0.05) is 29.8 Å². The molecule has 0 unspecified atom stereocenters. The van der Waals surface area contributed by atoms with Crippen LogP contribution in [0.3, 0.4) is 0 Å². The Kier molecular flexibility index (Phi) is 6.31. The first-order valence-corrected chi connectivity index (χ1v) is 13.0. The number of hydrogen-bond acceptors (Lipinski definition) is 9. The minimum Gasteiger partial charge on any atom is -0.508 e. The van der Waals surface area contributed by atoms with Crippen molar-refractivity contribution < 1.29 is 34.8 Å². The molecule has 0 spiro atoms. The number of carbonyl (C=O) groups excluding carboxylic acids is 3. The van der Waals surface area contributed by atoms with Gasteiger partial charge in [-0.15, -0.1) is 0 Å². The van der Waals surface area contributed by atoms with Crippen LogP contribution in [0.5, 0.6) is 5.75 Å². The van der Waals surface area contributed by atoms with Crippen LogP contribution in [0.4, 0.5) is 5.69 Å². The summed E-state index contributed by atoms with van der Waals surface area (Å²) >= 11 is 0. The van der Waals surface area contributed by atoms with E-state index in [9.17, 15) is 34.8 Å². The molecule has 3 aliphatic carbocycles. The van der Waals surface area contributed by atoms with Gasteiger partial charge in [0.25, 0.3) is 5.91 Å². The highest BCUT2D eigenvalue weighted by atomic mass is 16.3. The molecule has 10 nitrogen and oxygen atoms in total. The zero-order valence-electron chi connectivity index (χ0n) is 23.0.